The van der Waals surface area contributed by atoms with Crippen LogP contribution in [0, 0.1) is 0 Å². The van der Waals surface area contributed by atoms with Crippen molar-refractivity contribution < 1.29 is 5.11 Å². The highest BCUT2D eigenvalue weighted by Crippen LogP contribution is 2.43. The number of aliphatic hydroxyl groups is 1. The van der Waals surface area contributed by atoms with E-state index in [4.69, 9.17) is 0 Å². The number of rotatable bonds is 8. The lowest BCUT2D eigenvalue weighted by Gasteiger charge is -2.30. The molecule has 1 atom stereocenters. The number of thioether (sulfide) groups is 1. The Hall–Kier alpha value is -1.14. The van der Waals surface area contributed by atoms with Crippen molar-refractivity contribution in [1.82, 2.24) is 4.31 Å². The van der Waals surface area contributed by atoms with Gasteiger partial charge in [0, 0.05) is 34.7 Å². The number of hydrogen-bond donors (Lipinski definition) is 1. The zero-order valence-corrected chi connectivity index (χ0v) is 18.9. The molecule has 0 aromatic heterocycles. The molecule has 0 spiro atoms. The van der Waals surface area contributed by atoms with Gasteiger partial charge in [0.25, 0.3) is 0 Å². The number of para-hydroxylation sites is 1. The van der Waals surface area contributed by atoms with Gasteiger partial charge in [0.2, 0.25) is 0 Å². The number of benzene rings is 2. The highest BCUT2D eigenvalue weighted by Gasteiger charge is 2.28. The number of hydrogen-bond acceptors (Lipinski definition) is 5. The Morgan fingerprint density at radius 1 is 1.18 bits per heavy atom. The Bertz CT molecular complexity index is 754. The molecule has 0 aliphatic carbocycles. The first-order valence-corrected chi connectivity index (χ1v) is 12.2. The molecule has 1 aliphatic heterocycles. The minimum Gasteiger partial charge on any atom is -0.396 e. The summed E-state index contributed by atoms with van der Waals surface area (Å²) in [5.74, 6) is 0. The molecule has 0 radical (unpaired) electrons. The van der Waals surface area contributed by atoms with Crippen LogP contribution >= 0.6 is 23.7 Å². The van der Waals surface area contributed by atoms with Crippen molar-refractivity contribution in [3.63, 3.8) is 0 Å². The quantitative estimate of drug-likeness (QED) is 0.422. The normalized spacial score (nSPS) is 17.4. The van der Waals surface area contributed by atoms with Crippen LogP contribution in [0.15, 0.2) is 52.3 Å². The Kier molecular flexibility index (Phi) is 8.15. The number of likely N-dealkylation sites (N-methyl/N-ethyl adjacent to an activating group) is 1. The minimum atomic E-state index is 0.243. The van der Waals surface area contributed by atoms with Crippen molar-refractivity contribution in [1.29, 1.82) is 0 Å². The minimum absolute atomic E-state index is 0.243. The van der Waals surface area contributed by atoms with Gasteiger partial charge in [0.05, 0.1) is 5.69 Å². The van der Waals surface area contributed by atoms with Crippen LogP contribution in [0.5, 0.6) is 0 Å². The highest BCUT2D eigenvalue weighted by atomic mass is 32.2. The molecule has 0 fully saturated rings. The van der Waals surface area contributed by atoms with Crippen LogP contribution in [0.1, 0.15) is 38.2 Å². The van der Waals surface area contributed by atoms with Crippen LogP contribution in [0.3, 0.4) is 0 Å². The molecule has 0 saturated carbocycles. The molecular weight excluding hydrogens is 384 g/mol. The summed E-state index contributed by atoms with van der Waals surface area (Å²) < 4.78 is 2.45. The van der Waals surface area contributed by atoms with Crippen molar-refractivity contribution in [3.8, 4) is 0 Å². The van der Waals surface area contributed by atoms with Gasteiger partial charge in [0.1, 0.15) is 0 Å². The van der Waals surface area contributed by atoms with E-state index in [1.54, 1.807) is 0 Å². The maximum atomic E-state index is 9.30. The topological polar surface area (TPSA) is 26.7 Å². The Balaban J connectivity index is 2.05. The number of unbranched alkanes of at least 4 members (excludes halogenated alkanes) is 1. The average Bonchev–Trinajstić information content (AvgIpc) is 2.86. The molecule has 2 aromatic rings. The van der Waals surface area contributed by atoms with Gasteiger partial charge in [-0.05, 0) is 74.3 Å². The molecule has 3 rings (SSSR count). The SMILES string of the molecule is CCCCC1CN(c2ccccc2)c2cc(SC)c(CCCO)cc2SN1C. The number of aryl methyl sites for hydroxylation is 1. The second-order valence-electron chi connectivity index (χ2n) is 7.34. The first-order chi connectivity index (χ1) is 13.7. The molecule has 5 heteroatoms. The molecule has 0 amide bonds. The third-order valence-corrected chi connectivity index (χ3v) is 7.30. The van der Waals surface area contributed by atoms with Gasteiger partial charge in [-0.15, -0.1) is 11.8 Å². The molecule has 1 heterocycles. The lowest BCUT2D eigenvalue weighted by molar-refractivity contribution is 0.288. The smallest absolute Gasteiger partial charge is 0.0574 e. The van der Waals surface area contributed by atoms with Crippen molar-refractivity contribution in [2.45, 2.75) is 54.9 Å². The molecule has 1 aliphatic rings. The fraction of sp³-hybridized carbons (Fsp3) is 0.478. The maximum Gasteiger partial charge on any atom is 0.0574 e. The number of aliphatic hydroxyl groups excluding tert-OH is 1. The second kappa shape index (κ2) is 10.6. The van der Waals surface area contributed by atoms with E-state index in [1.807, 2.05) is 23.7 Å². The van der Waals surface area contributed by atoms with Crippen molar-refractivity contribution in [2.24, 2.45) is 0 Å². The Morgan fingerprint density at radius 3 is 2.64 bits per heavy atom. The number of anilines is 2. The summed E-state index contributed by atoms with van der Waals surface area (Å²) in [6.07, 6.45) is 7.59. The van der Waals surface area contributed by atoms with Gasteiger partial charge in [-0.1, -0.05) is 38.0 Å². The fourth-order valence-corrected chi connectivity index (χ4v) is 5.49. The summed E-state index contributed by atoms with van der Waals surface area (Å²) in [4.78, 5) is 5.14. The lowest BCUT2D eigenvalue weighted by atomic mass is 10.1. The predicted molar refractivity (Wildman–Crippen MR) is 124 cm³/mol. The third-order valence-electron chi connectivity index (χ3n) is 5.37. The molecule has 28 heavy (non-hydrogen) atoms. The van der Waals surface area contributed by atoms with Gasteiger partial charge in [-0.25, -0.2) is 4.31 Å². The summed E-state index contributed by atoms with van der Waals surface area (Å²) >= 11 is 3.68. The van der Waals surface area contributed by atoms with E-state index >= 15 is 0 Å². The van der Waals surface area contributed by atoms with E-state index in [2.05, 4.69) is 71.9 Å². The van der Waals surface area contributed by atoms with Crippen LogP contribution in [-0.4, -0.2) is 41.9 Å². The summed E-state index contributed by atoms with van der Waals surface area (Å²) in [5, 5.41) is 9.30. The molecule has 1 N–H and O–H groups in total. The molecule has 0 saturated heterocycles. The summed E-state index contributed by atoms with van der Waals surface area (Å²) in [6, 6.07) is 16.0. The largest absolute Gasteiger partial charge is 0.396 e. The molecule has 152 valence electrons. The van der Waals surface area contributed by atoms with Crippen molar-refractivity contribution >= 4 is 35.1 Å². The zero-order valence-electron chi connectivity index (χ0n) is 17.2. The number of fused-ring (bicyclic) bond motifs is 1. The zero-order chi connectivity index (χ0) is 19.9. The van der Waals surface area contributed by atoms with Gasteiger partial charge in [0.15, 0.2) is 0 Å². The summed E-state index contributed by atoms with van der Waals surface area (Å²) in [6.45, 7) is 3.52. The van der Waals surface area contributed by atoms with Gasteiger partial charge >= 0.3 is 0 Å². The van der Waals surface area contributed by atoms with E-state index in [0.717, 1.165) is 19.4 Å². The molecule has 2 aromatic carbocycles. The van der Waals surface area contributed by atoms with Gasteiger partial charge in [-0.3, -0.25) is 0 Å². The number of nitrogens with zero attached hydrogens (tertiary/aromatic N) is 2. The molecule has 3 nitrogen and oxygen atoms in total. The van der Waals surface area contributed by atoms with Gasteiger partial charge < -0.3 is 10.0 Å². The fourth-order valence-electron chi connectivity index (χ4n) is 3.75. The average molecular weight is 417 g/mol. The van der Waals surface area contributed by atoms with E-state index in [9.17, 15) is 5.11 Å². The van der Waals surface area contributed by atoms with Crippen LogP contribution in [0.25, 0.3) is 0 Å². The van der Waals surface area contributed by atoms with Crippen LogP contribution in [0.2, 0.25) is 0 Å². The standard InChI is InChI=1S/C23H32N2OS2/c1-4-5-11-20-17-25(19-12-7-6-8-13-19)21-16-22(27-3)18(10-9-14-26)15-23(21)28-24(20)2/h6-8,12-13,15-16,20,26H,4-5,9-11,14,17H2,1-3H3. The highest BCUT2D eigenvalue weighted by molar-refractivity contribution is 7.98. The second-order valence-corrected chi connectivity index (χ2v) is 9.39. The van der Waals surface area contributed by atoms with Crippen LogP contribution in [0.4, 0.5) is 11.4 Å². The predicted octanol–water partition coefficient (Wildman–Crippen LogP) is 5.98. The lowest BCUT2D eigenvalue weighted by Crippen LogP contribution is -2.35. The molecule has 0 bridgehead atoms. The van der Waals surface area contributed by atoms with Crippen molar-refractivity contribution in [2.75, 3.05) is 31.4 Å². The Labute approximate surface area is 178 Å². The Morgan fingerprint density at radius 2 is 1.96 bits per heavy atom. The van der Waals surface area contributed by atoms with E-state index < -0.39 is 0 Å². The third kappa shape index (κ3) is 5.07. The van der Waals surface area contributed by atoms with Crippen LogP contribution < -0.4 is 4.90 Å². The van der Waals surface area contributed by atoms with E-state index in [0.29, 0.717) is 6.04 Å². The molecule has 1 unspecified atom stereocenters. The molecular formula is C23H32N2OS2. The van der Waals surface area contributed by atoms with Gasteiger partial charge in [-0.2, -0.15) is 0 Å². The van der Waals surface area contributed by atoms with Crippen molar-refractivity contribution in [3.05, 3.63) is 48.0 Å². The monoisotopic (exact) mass is 416 g/mol. The van der Waals surface area contributed by atoms with E-state index in [1.165, 1.54) is 46.0 Å². The maximum absolute atomic E-state index is 9.30. The van der Waals surface area contributed by atoms with Crippen LogP contribution in [-0.2, 0) is 6.42 Å². The summed E-state index contributed by atoms with van der Waals surface area (Å²) in [7, 11) is 2.24. The first-order valence-electron chi connectivity index (χ1n) is 10.2. The first kappa shape index (κ1) is 21.6. The van der Waals surface area contributed by atoms with E-state index in [-0.39, 0.29) is 6.61 Å². The summed E-state index contributed by atoms with van der Waals surface area (Å²) in [5.41, 5.74) is 3.91.